The zero-order valence-electron chi connectivity index (χ0n) is 12.1. The molecular weight excluding hydrogens is 325 g/mol. The van der Waals surface area contributed by atoms with Crippen LogP contribution in [0.3, 0.4) is 0 Å². The van der Waals surface area contributed by atoms with Gasteiger partial charge < -0.3 is 15.6 Å². The highest BCUT2D eigenvalue weighted by Crippen LogP contribution is 2.29. The van der Waals surface area contributed by atoms with Crippen molar-refractivity contribution in [2.45, 2.75) is 12.7 Å². The summed E-state index contributed by atoms with van der Waals surface area (Å²) < 4.78 is 37.8. The van der Waals surface area contributed by atoms with Crippen LogP contribution in [0.2, 0.25) is 0 Å². The third kappa shape index (κ3) is 4.36. The molecule has 0 saturated carbocycles. The number of aromatic amines is 1. The number of alkyl halides is 3. The number of benzene rings is 1. The number of halogens is 3. The van der Waals surface area contributed by atoms with Crippen LogP contribution >= 0.6 is 0 Å². The lowest BCUT2D eigenvalue weighted by atomic mass is 10.1. The SMILES string of the molecule is N#Cc1cccc(CNC(=O)Nc2cc(C(F)(F)F)c[nH]c2=O)c1. The van der Waals surface area contributed by atoms with Crippen molar-refractivity contribution in [1.29, 1.82) is 5.26 Å². The molecule has 1 aromatic heterocycles. The zero-order valence-corrected chi connectivity index (χ0v) is 12.1. The second-order valence-corrected chi connectivity index (χ2v) is 4.75. The highest BCUT2D eigenvalue weighted by molar-refractivity contribution is 5.89. The van der Waals surface area contributed by atoms with Crippen molar-refractivity contribution < 1.29 is 18.0 Å². The molecule has 124 valence electrons. The molecule has 0 aliphatic heterocycles. The fourth-order valence-corrected chi connectivity index (χ4v) is 1.84. The molecule has 2 amide bonds. The first-order chi connectivity index (χ1) is 11.3. The molecule has 24 heavy (non-hydrogen) atoms. The molecule has 1 heterocycles. The molecule has 0 unspecified atom stereocenters. The molecule has 1 aromatic carbocycles. The Morgan fingerprint density at radius 3 is 2.71 bits per heavy atom. The van der Waals surface area contributed by atoms with E-state index in [2.05, 4.69) is 10.6 Å². The zero-order chi connectivity index (χ0) is 17.7. The van der Waals surface area contributed by atoms with Crippen molar-refractivity contribution in [2.24, 2.45) is 0 Å². The first-order valence-electron chi connectivity index (χ1n) is 6.63. The molecule has 6 nitrogen and oxygen atoms in total. The van der Waals surface area contributed by atoms with Gasteiger partial charge in [0.2, 0.25) is 0 Å². The molecule has 9 heteroatoms. The van der Waals surface area contributed by atoms with E-state index in [9.17, 15) is 22.8 Å². The summed E-state index contributed by atoms with van der Waals surface area (Å²) in [6.45, 7) is 0.0399. The quantitative estimate of drug-likeness (QED) is 0.803. The van der Waals surface area contributed by atoms with E-state index in [1.54, 1.807) is 24.3 Å². The summed E-state index contributed by atoms with van der Waals surface area (Å²) in [7, 11) is 0. The van der Waals surface area contributed by atoms with Crippen molar-refractivity contribution in [2.75, 3.05) is 5.32 Å². The molecule has 0 aliphatic carbocycles. The minimum atomic E-state index is -4.64. The monoisotopic (exact) mass is 336 g/mol. The van der Waals surface area contributed by atoms with Crippen molar-refractivity contribution in [3.05, 3.63) is 63.6 Å². The summed E-state index contributed by atoms with van der Waals surface area (Å²) in [6, 6.07) is 8.08. The van der Waals surface area contributed by atoms with E-state index in [0.29, 0.717) is 23.4 Å². The topological polar surface area (TPSA) is 97.8 Å². The number of carbonyl (C=O) groups is 1. The lowest BCUT2D eigenvalue weighted by Gasteiger charge is -2.10. The van der Waals surface area contributed by atoms with Gasteiger partial charge in [-0.15, -0.1) is 0 Å². The molecule has 0 saturated heterocycles. The van der Waals surface area contributed by atoms with E-state index in [0.717, 1.165) is 0 Å². The predicted molar refractivity (Wildman–Crippen MR) is 79.1 cm³/mol. The van der Waals surface area contributed by atoms with Gasteiger partial charge in [-0.05, 0) is 23.8 Å². The van der Waals surface area contributed by atoms with Crippen LogP contribution in [0.5, 0.6) is 0 Å². The van der Waals surface area contributed by atoms with Crippen molar-refractivity contribution in [3.8, 4) is 6.07 Å². The summed E-state index contributed by atoms with van der Waals surface area (Å²) in [4.78, 5) is 25.1. The lowest BCUT2D eigenvalue weighted by Crippen LogP contribution is -2.31. The maximum atomic E-state index is 12.6. The van der Waals surface area contributed by atoms with Gasteiger partial charge in [-0.25, -0.2) is 4.79 Å². The van der Waals surface area contributed by atoms with Crippen LogP contribution in [0.4, 0.5) is 23.7 Å². The molecule has 2 rings (SSSR count). The van der Waals surface area contributed by atoms with E-state index in [-0.39, 0.29) is 6.54 Å². The Kier molecular flexibility index (Phi) is 4.89. The minimum Gasteiger partial charge on any atom is -0.334 e. The van der Waals surface area contributed by atoms with Crippen LogP contribution in [0.25, 0.3) is 0 Å². The number of nitrogens with zero attached hydrogens (tertiary/aromatic N) is 1. The molecule has 0 aliphatic rings. The fourth-order valence-electron chi connectivity index (χ4n) is 1.84. The largest absolute Gasteiger partial charge is 0.417 e. The number of H-pyrrole nitrogens is 1. The highest BCUT2D eigenvalue weighted by Gasteiger charge is 2.31. The van der Waals surface area contributed by atoms with E-state index < -0.39 is 29.0 Å². The molecule has 2 aromatic rings. The van der Waals surface area contributed by atoms with Gasteiger partial charge in [0, 0.05) is 12.7 Å². The number of amides is 2. The number of rotatable bonds is 3. The predicted octanol–water partition coefficient (Wildman–Crippen LogP) is 2.59. The minimum absolute atomic E-state index is 0.0399. The van der Waals surface area contributed by atoms with Crippen LogP contribution < -0.4 is 16.2 Å². The van der Waals surface area contributed by atoms with Gasteiger partial charge >= 0.3 is 12.2 Å². The Bertz CT molecular complexity index is 853. The maximum absolute atomic E-state index is 12.6. The number of urea groups is 1. The summed E-state index contributed by atoms with van der Waals surface area (Å²) in [5.74, 6) is 0. The van der Waals surface area contributed by atoms with E-state index in [4.69, 9.17) is 5.26 Å². The number of aromatic nitrogens is 1. The first-order valence-corrected chi connectivity index (χ1v) is 6.63. The average molecular weight is 336 g/mol. The Hall–Kier alpha value is -3.28. The van der Waals surface area contributed by atoms with Gasteiger partial charge in [0.05, 0.1) is 17.2 Å². The number of hydrogen-bond donors (Lipinski definition) is 3. The number of pyridine rings is 1. The highest BCUT2D eigenvalue weighted by atomic mass is 19.4. The third-order valence-corrected chi connectivity index (χ3v) is 2.99. The smallest absolute Gasteiger partial charge is 0.334 e. The second kappa shape index (κ2) is 6.87. The van der Waals surface area contributed by atoms with Gasteiger partial charge in [-0.2, -0.15) is 18.4 Å². The standard InChI is InChI=1S/C15H11F3N4O2/c16-15(17,18)11-5-12(13(23)20-8-11)22-14(24)21-7-10-3-1-2-9(4-10)6-19/h1-5,8H,7H2,(H,20,23)(H2,21,22,24). The number of nitrogens with one attached hydrogen (secondary N) is 3. The molecule has 0 bridgehead atoms. The van der Waals surface area contributed by atoms with Gasteiger partial charge in [0.25, 0.3) is 5.56 Å². The molecular formula is C15H11F3N4O2. The first kappa shape index (κ1) is 17.1. The number of nitriles is 1. The van der Waals surface area contributed by atoms with Crippen molar-refractivity contribution in [3.63, 3.8) is 0 Å². The van der Waals surface area contributed by atoms with Gasteiger partial charge in [-0.3, -0.25) is 4.79 Å². The summed E-state index contributed by atoms with van der Waals surface area (Å²) in [6.07, 6.45) is -4.12. The number of hydrogen-bond acceptors (Lipinski definition) is 3. The average Bonchev–Trinajstić information content (AvgIpc) is 2.54. The summed E-state index contributed by atoms with van der Waals surface area (Å²) in [5.41, 5.74) is -1.43. The van der Waals surface area contributed by atoms with E-state index >= 15 is 0 Å². The van der Waals surface area contributed by atoms with Crippen LogP contribution in [0.1, 0.15) is 16.7 Å². The normalized spacial score (nSPS) is 10.8. The number of carbonyl (C=O) groups excluding carboxylic acids is 1. The molecule has 0 spiro atoms. The van der Waals surface area contributed by atoms with Crippen LogP contribution in [0.15, 0.2) is 41.3 Å². The molecule has 3 N–H and O–H groups in total. The Morgan fingerprint density at radius 2 is 2.04 bits per heavy atom. The fraction of sp³-hybridized carbons (Fsp3) is 0.133. The maximum Gasteiger partial charge on any atom is 0.417 e. The van der Waals surface area contributed by atoms with Gasteiger partial charge in [0.1, 0.15) is 5.69 Å². The van der Waals surface area contributed by atoms with Crippen LogP contribution in [-0.4, -0.2) is 11.0 Å². The Labute approximate surface area is 133 Å². The molecule has 0 atom stereocenters. The Morgan fingerprint density at radius 1 is 1.29 bits per heavy atom. The molecule has 0 fully saturated rings. The van der Waals surface area contributed by atoms with Crippen LogP contribution in [-0.2, 0) is 12.7 Å². The van der Waals surface area contributed by atoms with E-state index in [1.165, 1.54) is 0 Å². The van der Waals surface area contributed by atoms with Crippen molar-refractivity contribution in [1.82, 2.24) is 10.3 Å². The second-order valence-electron chi connectivity index (χ2n) is 4.75. The third-order valence-electron chi connectivity index (χ3n) is 2.99. The van der Waals surface area contributed by atoms with Gasteiger partial charge in [0.15, 0.2) is 0 Å². The Balaban J connectivity index is 2.05. The lowest BCUT2D eigenvalue weighted by molar-refractivity contribution is -0.137. The van der Waals surface area contributed by atoms with Gasteiger partial charge in [-0.1, -0.05) is 12.1 Å². The van der Waals surface area contributed by atoms with Crippen molar-refractivity contribution >= 4 is 11.7 Å². The van der Waals surface area contributed by atoms with E-state index in [1.807, 2.05) is 11.1 Å². The summed E-state index contributed by atoms with van der Waals surface area (Å²) in [5, 5.41) is 13.2. The van der Waals surface area contributed by atoms with Crippen LogP contribution in [0, 0.1) is 11.3 Å². The number of anilines is 1. The summed E-state index contributed by atoms with van der Waals surface area (Å²) >= 11 is 0. The molecule has 0 radical (unpaired) electrons.